The smallest absolute Gasteiger partial charge is 0.391 e. The van der Waals surface area contributed by atoms with Crippen molar-refractivity contribution in [3.63, 3.8) is 0 Å². The zero-order valence-electron chi connectivity index (χ0n) is 8.42. The predicted octanol–water partition coefficient (Wildman–Crippen LogP) is 1.14. The minimum absolute atomic E-state index is 0.0542. The number of alkyl halides is 3. The summed E-state index contributed by atoms with van der Waals surface area (Å²) in [4.78, 5) is 21.3. The zero-order valence-corrected chi connectivity index (χ0v) is 8.42. The summed E-state index contributed by atoms with van der Waals surface area (Å²) < 4.78 is 41.6. The van der Waals surface area contributed by atoms with Gasteiger partial charge in [-0.1, -0.05) is 0 Å². The maximum Gasteiger partial charge on any atom is 0.391 e. The summed E-state index contributed by atoms with van der Waals surface area (Å²) in [6, 6.07) is 0. The van der Waals surface area contributed by atoms with Crippen LogP contribution in [0.3, 0.4) is 0 Å². The van der Waals surface area contributed by atoms with Gasteiger partial charge in [-0.2, -0.15) is 13.2 Å². The summed E-state index contributed by atoms with van der Waals surface area (Å²) >= 11 is 0. The summed E-state index contributed by atoms with van der Waals surface area (Å²) in [6.45, 7) is 0.0542. The van der Waals surface area contributed by atoms with Crippen molar-refractivity contribution in [2.45, 2.75) is 37.5 Å². The topological polar surface area (TPSA) is 69.4 Å². The molecule has 7 heteroatoms. The van der Waals surface area contributed by atoms with E-state index in [0.717, 1.165) is 0 Å². The molecular formula is C9H12F3NO3. The van der Waals surface area contributed by atoms with Gasteiger partial charge in [0.25, 0.3) is 12.4 Å². The van der Waals surface area contributed by atoms with Gasteiger partial charge in [-0.3, -0.25) is 9.59 Å². The van der Waals surface area contributed by atoms with E-state index in [4.69, 9.17) is 5.73 Å². The average Bonchev–Trinajstić information content (AvgIpc) is 2.17. The van der Waals surface area contributed by atoms with Crippen molar-refractivity contribution in [2.75, 3.05) is 0 Å². The molecule has 16 heavy (non-hydrogen) atoms. The van der Waals surface area contributed by atoms with Gasteiger partial charge in [-0.15, -0.1) is 0 Å². The van der Waals surface area contributed by atoms with Crippen LogP contribution in [0.25, 0.3) is 0 Å². The third-order valence-corrected chi connectivity index (χ3v) is 2.98. The Labute approximate surface area is 89.9 Å². The molecule has 0 aromatic carbocycles. The molecule has 0 aromatic heterocycles. The molecule has 0 unspecified atom stereocenters. The Balaban J connectivity index is 2.70. The number of hydrogen-bond acceptors (Lipinski definition) is 3. The number of hydrogen-bond donors (Lipinski definition) is 1. The first-order valence-electron chi connectivity index (χ1n) is 4.80. The highest BCUT2D eigenvalue weighted by Gasteiger charge is 2.49. The van der Waals surface area contributed by atoms with Gasteiger partial charge < -0.3 is 10.5 Å². The second-order valence-electron chi connectivity index (χ2n) is 3.89. The number of nitrogens with two attached hydrogens (primary N) is 1. The second kappa shape index (κ2) is 4.31. The van der Waals surface area contributed by atoms with Gasteiger partial charge in [0.05, 0.1) is 5.92 Å². The molecule has 0 heterocycles. The van der Waals surface area contributed by atoms with Crippen LogP contribution in [0.5, 0.6) is 0 Å². The number of primary amides is 1. The lowest BCUT2D eigenvalue weighted by molar-refractivity contribution is -0.196. The van der Waals surface area contributed by atoms with E-state index < -0.39 is 23.6 Å². The summed E-state index contributed by atoms with van der Waals surface area (Å²) in [6.07, 6.45) is -5.12. The molecule has 0 aromatic rings. The standard InChI is InChI=1S/C9H12F3NO3/c10-9(11,12)6-1-3-8(4-2-6,7(13)15)16-5-14/h5-6H,1-4H2,(H2,13,15). The molecule has 1 aliphatic rings. The number of rotatable bonds is 3. The van der Waals surface area contributed by atoms with Gasteiger partial charge in [0.2, 0.25) is 0 Å². The fourth-order valence-corrected chi connectivity index (χ4v) is 1.93. The van der Waals surface area contributed by atoms with Crippen LogP contribution in [-0.2, 0) is 14.3 Å². The fourth-order valence-electron chi connectivity index (χ4n) is 1.93. The van der Waals surface area contributed by atoms with E-state index in [0.29, 0.717) is 0 Å². The molecule has 0 bridgehead atoms. The number of carbonyl (C=O) groups is 2. The maximum absolute atomic E-state index is 12.4. The molecule has 1 saturated carbocycles. The van der Waals surface area contributed by atoms with Crippen LogP contribution in [0.15, 0.2) is 0 Å². The van der Waals surface area contributed by atoms with Crippen molar-refractivity contribution in [1.29, 1.82) is 0 Å². The molecule has 92 valence electrons. The third kappa shape index (κ3) is 2.45. The van der Waals surface area contributed by atoms with Gasteiger partial charge in [0, 0.05) is 0 Å². The highest BCUT2D eigenvalue weighted by Crippen LogP contribution is 2.42. The summed E-state index contributed by atoms with van der Waals surface area (Å²) in [5, 5.41) is 0. The number of halogens is 3. The van der Waals surface area contributed by atoms with E-state index in [9.17, 15) is 22.8 Å². The molecule has 1 aliphatic carbocycles. The Morgan fingerprint density at radius 1 is 1.38 bits per heavy atom. The monoisotopic (exact) mass is 239 g/mol. The van der Waals surface area contributed by atoms with E-state index >= 15 is 0 Å². The van der Waals surface area contributed by atoms with Crippen molar-refractivity contribution in [2.24, 2.45) is 11.7 Å². The highest BCUT2D eigenvalue weighted by molar-refractivity contribution is 5.84. The quantitative estimate of drug-likeness (QED) is 0.751. The Hall–Kier alpha value is -1.27. The van der Waals surface area contributed by atoms with E-state index in [1.807, 2.05) is 0 Å². The predicted molar refractivity (Wildman–Crippen MR) is 47.1 cm³/mol. The minimum Gasteiger partial charge on any atom is -0.451 e. The first-order valence-corrected chi connectivity index (χ1v) is 4.80. The molecule has 1 rings (SSSR count). The van der Waals surface area contributed by atoms with Gasteiger partial charge in [-0.25, -0.2) is 0 Å². The van der Waals surface area contributed by atoms with Crippen molar-refractivity contribution in [3.8, 4) is 0 Å². The van der Waals surface area contributed by atoms with Gasteiger partial charge in [0.15, 0.2) is 5.60 Å². The average molecular weight is 239 g/mol. The zero-order chi connectivity index (χ0) is 12.4. The van der Waals surface area contributed by atoms with Crippen LogP contribution >= 0.6 is 0 Å². The molecule has 4 nitrogen and oxygen atoms in total. The van der Waals surface area contributed by atoms with Crippen molar-refractivity contribution in [1.82, 2.24) is 0 Å². The molecule has 2 N–H and O–H groups in total. The molecule has 0 radical (unpaired) electrons. The van der Waals surface area contributed by atoms with Crippen LogP contribution < -0.4 is 5.73 Å². The molecule has 1 amide bonds. The first-order chi connectivity index (χ1) is 7.32. The molecule has 0 atom stereocenters. The molecule has 0 aliphatic heterocycles. The van der Waals surface area contributed by atoms with Gasteiger partial charge in [0.1, 0.15) is 0 Å². The van der Waals surface area contributed by atoms with E-state index in [-0.39, 0.29) is 32.2 Å². The van der Waals surface area contributed by atoms with Gasteiger partial charge in [-0.05, 0) is 25.7 Å². The Morgan fingerprint density at radius 3 is 2.19 bits per heavy atom. The maximum atomic E-state index is 12.4. The summed E-state index contributed by atoms with van der Waals surface area (Å²) in [5.41, 5.74) is 3.49. The Morgan fingerprint density at radius 2 is 1.88 bits per heavy atom. The highest BCUT2D eigenvalue weighted by atomic mass is 19.4. The third-order valence-electron chi connectivity index (χ3n) is 2.98. The number of carbonyl (C=O) groups excluding carboxylic acids is 2. The van der Waals surface area contributed by atoms with Crippen LogP contribution in [-0.4, -0.2) is 24.2 Å². The molecular weight excluding hydrogens is 227 g/mol. The van der Waals surface area contributed by atoms with E-state index in [1.54, 1.807) is 0 Å². The van der Waals surface area contributed by atoms with Crippen LogP contribution in [0.1, 0.15) is 25.7 Å². The Kier molecular flexibility index (Phi) is 3.44. The Bertz CT molecular complexity index is 282. The minimum atomic E-state index is -4.27. The summed E-state index contributed by atoms with van der Waals surface area (Å²) in [7, 11) is 0. The van der Waals surface area contributed by atoms with Gasteiger partial charge >= 0.3 is 6.18 Å². The van der Waals surface area contributed by atoms with Crippen molar-refractivity contribution >= 4 is 12.4 Å². The largest absolute Gasteiger partial charge is 0.451 e. The first kappa shape index (κ1) is 12.8. The van der Waals surface area contributed by atoms with Crippen molar-refractivity contribution < 1.29 is 27.5 Å². The molecule has 1 fully saturated rings. The second-order valence-corrected chi connectivity index (χ2v) is 3.89. The number of amides is 1. The normalized spacial score (nSPS) is 30.8. The van der Waals surface area contributed by atoms with E-state index in [2.05, 4.69) is 4.74 Å². The molecule has 0 saturated heterocycles. The van der Waals surface area contributed by atoms with E-state index in [1.165, 1.54) is 0 Å². The van der Waals surface area contributed by atoms with Crippen molar-refractivity contribution in [3.05, 3.63) is 0 Å². The van der Waals surface area contributed by atoms with Crippen LogP contribution in [0.4, 0.5) is 13.2 Å². The van der Waals surface area contributed by atoms with Crippen LogP contribution in [0.2, 0.25) is 0 Å². The summed E-state index contributed by atoms with van der Waals surface area (Å²) in [5.74, 6) is -2.34. The van der Waals surface area contributed by atoms with Crippen LogP contribution in [0, 0.1) is 5.92 Å². The SMILES string of the molecule is NC(=O)C1(OC=O)CCC(C(F)(F)F)CC1. The number of ether oxygens (including phenoxy) is 1. The fraction of sp³-hybridized carbons (Fsp3) is 0.778. The lowest BCUT2D eigenvalue weighted by atomic mass is 9.78. The lowest BCUT2D eigenvalue weighted by Gasteiger charge is -2.36. The molecule has 0 spiro atoms. The lowest BCUT2D eigenvalue weighted by Crippen LogP contribution is -2.50.